The SMILES string of the molecule is Cc1ccc(-c2nn(C)c(CCN)c2Br)c(C)c1C. The third-order valence-electron chi connectivity index (χ3n) is 3.80. The first kappa shape index (κ1) is 14.3. The summed E-state index contributed by atoms with van der Waals surface area (Å²) in [4.78, 5) is 0. The lowest BCUT2D eigenvalue weighted by Crippen LogP contribution is -2.07. The van der Waals surface area contributed by atoms with E-state index in [1.54, 1.807) is 0 Å². The quantitative estimate of drug-likeness (QED) is 0.942. The molecule has 2 rings (SSSR count). The van der Waals surface area contributed by atoms with Crippen molar-refractivity contribution >= 4 is 15.9 Å². The zero-order valence-electron chi connectivity index (χ0n) is 11.9. The van der Waals surface area contributed by atoms with Crippen molar-refractivity contribution in [1.82, 2.24) is 9.78 Å². The van der Waals surface area contributed by atoms with E-state index in [0.717, 1.165) is 22.3 Å². The third kappa shape index (κ3) is 2.47. The molecule has 3 nitrogen and oxygen atoms in total. The Labute approximate surface area is 122 Å². The van der Waals surface area contributed by atoms with Crippen LogP contribution in [0, 0.1) is 20.8 Å². The summed E-state index contributed by atoms with van der Waals surface area (Å²) in [5, 5.41) is 4.64. The molecule has 19 heavy (non-hydrogen) atoms. The van der Waals surface area contributed by atoms with Crippen LogP contribution in [0.25, 0.3) is 11.3 Å². The second-order valence-electron chi connectivity index (χ2n) is 4.95. The summed E-state index contributed by atoms with van der Waals surface area (Å²) in [6.45, 7) is 7.08. The molecule has 0 saturated heterocycles. The van der Waals surface area contributed by atoms with Gasteiger partial charge in [-0.2, -0.15) is 5.10 Å². The molecular formula is C15H20BrN3. The Kier molecular flexibility index (Phi) is 4.11. The van der Waals surface area contributed by atoms with Gasteiger partial charge >= 0.3 is 0 Å². The number of rotatable bonds is 3. The van der Waals surface area contributed by atoms with Crippen molar-refractivity contribution in [3.8, 4) is 11.3 Å². The Bertz CT molecular complexity index is 614. The Hall–Kier alpha value is -1.13. The molecule has 2 N–H and O–H groups in total. The zero-order chi connectivity index (χ0) is 14.2. The summed E-state index contributed by atoms with van der Waals surface area (Å²) < 4.78 is 2.98. The van der Waals surface area contributed by atoms with Crippen molar-refractivity contribution < 1.29 is 0 Å². The van der Waals surface area contributed by atoms with Gasteiger partial charge in [0.05, 0.1) is 10.2 Å². The van der Waals surface area contributed by atoms with Crippen LogP contribution in [0.15, 0.2) is 16.6 Å². The molecule has 0 aliphatic rings. The molecule has 0 amide bonds. The molecule has 0 unspecified atom stereocenters. The first-order chi connectivity index (χ1) is 8.97. The van der Waals surface area contributed by atoms with Gasteiger partial charge in [0.15, 0.2) is 0 Å². The van der Waals surface area contributed by atoms with E-state index >= 15 is 0 Å². The van der Waals surface area contributed by atoms with Crippen LogP contribution in [0.3, 0.4) is 0 Å². The first-order valence-electron chi connectivity index (χ1n) is 6.46. The number of nitrogens with two attached hydrogens (primary N) is 1. The van der Waals surface area contributed by atoms with Crippen LogP contribution < -0.4 is 5.73 Å². The predicted octanol–water partition coefficient (Wildman–Crippen LogP) is 3.28. The van der Waals surface area contributed by atoms with E-state index in [0.29, 0.717) is 6.54 Å². The molecule has 0 spiro atoms. The second kappa shape index (κ2) is 5.47. The number of aryl methyl sites for hydroxylation is 2. The van der Waals surface area contributed by atoms with Crippen molar-refractivity contribution in [2.75, 3.05) is 6.54 Å². The van der Waals surface area contributed by atoms with E-state index in [-0.39, 0.29) is 0 Å². The lowest BCUT2D eigenvalue weighted by atomic mass is 9.97. The lowest BCUT2D eigenvalue weighted by Gasteiger charge is -2.09. The van der Waals surface area contributed by atoms with E-state index in [1.807, 2.05) is 11.7 Å². The standard InChI is InChI=1S/C15H20BrN3/c1-9-5-6-12(11(3)10(9)2)15-14(16)13(7-8-17)19(4)18-15/h5-6H,7-8,17H2,1-4H3. The minimum Gasteiger partial charge on any atom is -0.330 e. The van der Waals surface area contributed by atoms with Gasteiger partial charge in [0.1, 0.15) is 5.69 Å². The predicted molar refractivity (Wildman–Crippen MR) is 83.3 cm³/mol. The van der Waals surface area contributed by atoms with Gasteiger partial charge in [-0.15, -0.1) is 0 Å². The maximum absolute atomic E-state index is 5.66. The number of nitrogens with zero attached hydrogens (tertiary/aromatic N) is 2. The van der Waals surface area contributed by atoms with Crippen LogP contribution in [-0.2, 0) is 13.5 Å². The van der Waals surface area contributed by atoms with E-state index in [9.17, 15) is 0 Å². The van der Waals surface area contributed by atoms with Crippen molar-refractivity contribution in [3.63, 3.8) is 0 Å². The molecule has 2 aromatic rings. The van der Waals surface area contributed by atoms with E-state index < -0.39 is 0 Å². The molecule has 102 valence electrons. The second-order valence-corrected chi connectivity index (χ2v) is 5.74. The van der Waals surface area contributed by atoms with Crippen LogP contribution >= 0.6 is 15.9 Å². The molecule has 0 radical (unpaired) electrons. The Morgan fingerprint density at radius 2 is 1.89 bits per heavy atom. The number of hydrogen-bond donors (Lipinski definition) is 1. The summed E-state index contributed by atoms with van der Waals surface area (Å²) >= 11 is 3.68. The lowest BCUT2D eigenvalue weighted by molar-refractivity contribution is 0.707. The maximum atomic E-state index is 5.66. The highest BCUT2D eigenvalue weighted by Crippen LogP contribution is 2.34. The van der Waals surface area contributed by atoms with Gasteiger partial charge in [0, 0.05) is 19.0 Å². The maximum Gasteiger partial charge on any atom is 0.107 e. The fraction of sp³-hybridized carbons (Fsp3) is 0.400. The number of benzene rings is 1. The monoisotopic (exact) mass is 321 g/mol. The third-order valence-corrected chi connectivity index (χ3v) is 4.63. The zero-order valence-corrected chi connectivity index (χ0v) is 13.5. The van der Waals surface area contributed by atoms with Gasteiger partial charge in [-0.05, 0) is 59.9 Å². The van der Waals surface area contributed by atoms with Gasteiger partial charge in [0.25, 0.3) is 0 Å². The van der Waals surface area contributed by atoms with Crippen molar-refractivity contribution in [2.24, 2.45) is 12.8 Å². The largest absolute Gasteiger partial charge is 0.330 e. The molecule has 0 aliphatic carbocycles. The highest BCUT2D eigenvalue weighted by molar-refractivity contribution is 9.10. The molecule has 0 atom stereocenters. The molecule has 4 heteroatoms. The van der Waals surface area contributed by atoms with E-state index in [1.165, 1.54) is 22.3 Å². The fourth-order valence-corrected chi connectivity index (χ4v) is 3.07. The van der Waals surface area contributed by atoms with Gasteiger partial charge < -0.3 is 5.73 Å². The smallest absolute Gasteiger partial charge is 0.107 e. The highest BCUT2D eigenvalue weighted by Gasteiger charge is 2.17. The Balaban J connectivity index is 2.60. The molecule has 0 aliphatic heterocycles. The average Bonchev–Trinajstić information content (AvgIpc) is 2.65. The molecule has 1 aromatic heterocycles. The Morgan fingerprint density at radius 1 is 1.21 bits per heavy atom. The summed E-state index contributed by atoms with van der Waals surface area (Å²) in [7, 11) is 1.97. The van der Waals surface area contributed by atoms with E-state index in [4.69, 9.17) is 5.73 Å². The van der Waals surface area contributed by atoms with Gasteiger partial charge in [-0.25, -0.2) is 0 Å². The number of hydrogen-bond acceptors (Lipinski definition) is 2. The Morgan fingerprint density at radius 3 is 2.53 bits per heavy atom. The van der Waals surface area contributed by atoms with Crippen molar-refractivity contribution in [3.05, 3.63) is 39.0 Å². The van der Waals surface area contributed by atoms with Crippen LogP contribution in [-0.4, -0.2) is 16.3 Å². The van der Waals surface area contributed by atoms with Gasteiger partial charge in [-0.3, -0.25) is 4.68 Å². The minimum absolute atomic E-state index is 0.628. The summed E-state index contributed by atoms with van der Waals surface area (Å²) in [5.74, 6) is 0. The summed E-state index contributed by atoms with van der Waals surface area (Å²) in [6.07, 6.45) is 0.827. The molecule has 1 aromatic carbocycles. The highest BCUT2D eigenvalue weighted by atomic mass is 79.9. The summed E-state index contributed by atoms with van der Waals surface area (Å²) in [5.41, 5.74) is 12.9. The normalized spacial score (nSPS) is 11.1. The van der Waals surface area contributed by atoms with Crippen LogP contribution in [0.2, 0.25) is 0 Å². The molecular weight excluding hydrogens is 302 g/mol. The summed E-state index contributed by atoms with van der Waals surface area (Å²) in [6, 6.07) is 4.30. The minimum atomic E-state index is 0.628. The van der Waals surface area contributed by atoms with Crippen LogP contribution in [0.4, 0.5) is 0 Å². The molecule has 0 saturated carbocycles. The number of halogens is 1. The van der Waals surface area contributed by atoms with Crippen molar-refractivity contribution in [2.45, 2.75) is 27.2 Å². The average molecular weight is 322 g/mol. The van der Waals surface area contributed by atoms with Crippen LogP contribution in [0.1, 0.15) is 22.4 Å². The molecule has 0 bridgehead atoms. The van der Waals surface area contributed by atoms with Crippen LogP contribution in [0.5, 0.6) is 0 Å². The molecule has 1 heterocycles. The fourth-order valence-electron chi connectivity index (χ4n) is 2.33. The number of aromatic nitrogens is 2. The van der Waals surface area contributed by atoms with Gasteiger partial charge in [0.2, 0.25) is 0 Å². The topological polar surface area (TPSA) is 43.8 Å². The van der Waals surface area contributed by atoms with Gasteiger partial charge in [-0.1, -0.05) is 12.1 Å². The first-order valence-corrected chi connectivity index (χ1v) is 7.25. The van der Waals surface area contributed by atoms with Crippen molar-refractivity contribution in [1.29, 1.82) is 0 Å². The molecule has 0 fully saturated rings. The van der Waals surface area contributed by atoms with E-state index in [2.05, 4.69) is 53.9 Å².